The lowest BCUT2D eigenvalue weighted by molar-refractivity contribution is -0.116. The van der Waals surface area contributed by atoms with Gasteiger partial charge in [-0.3, -0.25) is 9.52 Å². The fraction of sp³-hybridized carbons (Fsp3) is 0.278. The van der Waals surface area contributed by atoms with Gasteiger partial charge in [0.25, 0.3) is 0 Å². The summed E-state index contributed by atoms with van der Waals surface area (Å²) >= 11 is 3.43. The van der Waals surface area contributed by atoms with Crippen molar-refractivity contribution in [2.24, 2.45) is 0 Å². The van der Waals surface area contributed by atoms with Crippen LogP contribution < -0.4 is 14.8 Å². The van der Waals surface area contributed by atoms with Crippen LogP contribution in [-0.2, 0) is 21.2 Å². The van der Waals surface area contributed by atoms with Crippen molar-refractivity contribution in [3.8, 4) is 5.75 Å². The van der Waals surface area contributed by atoms with Crippen LogP contribution in [0.1, 0.15) is 17.5 Å². The van der Waals surface area contributed by atoms with E-state index in [9.17, 15) is 13.2 Å². The summed E-state index contributed by atoms with van der Waals surface area (Å²) in [6.45, 7) is 1.79. The first-order valence-electron chi connectivity index (χ1n) is 7.88. The zero-order valence-electron chi connectivity index (χ0n) is 14.8. The van der Waals surface area contributed by atoms with Crippen molar-refractivity contribution in [1.82, 2.24) is 0 Å². The van der Waals surface area contributed by atoms with Crippen LogP contribution in [0.3, 0.4) is 0 Å². The highest BCUT2D eigenvalue weighted by atomic mass is 79.9. The fourth-order valence-electron chi connectivity index (χ4n) is 2.36. The minimum absolute atomic E-state index is 0.147. The smallest absolute Gasteiger partial charge is 0.229 e. The van der Waals surface area contributed by atoms with Gasteiger partial charge >= 0.3 is 0 Å². The number of anilines is 2. The van der Waals surface area contributed by atoms with E-state index in [1.54, 1.807) is 32.2 Å². The first kappa shape index (κ1) is 20.3. The Morgan fingerprint density at radius 3 is 2.54 bits per heavy atom. The van der Waals surface area contributed by atoms with Crippen LogP contribution in [0.15, 0.2) is 40.9 Å². The quantitative estimate of drug-likeness (QED) is 0.686. The van der Waals surface area contributed by atoms with Gasteiger partial charge in [-0.05, 0) is 64.7 Å². The van der Waals surface area contributed by atoms with Gasteiger partial charge in [-0.1, -0.05) is 12.1 Å². The number of carbonyl (C=O) groups excluding carboxylic acids is 1. The van der Waals surface area contributed by atoms with Crippen LogP contribution >= 0.6 is 15.9 Å². The molecule has 0 aliphatic heterocycles. The lowest BCUT2D eigenvalue weighted by Gasteiger charge is -2.11. The number of sulfonamides is 1. The molecule has 0 aromatic heterocycles. The molecule has 2 aromatic carbocycles. The average molecular weight is 441 g/mol. The maximum atomic E-state index is 12.2. The molecule has 1 amide bonds. The summed E-state index contributed by atoms with van der Waals surface area (Å²) in [5, 5.41) is 2.79. The predicted molar refractivity (Wildman–Crippen MR) is 107 cm³/mol. The second-order valence-electron chi connectivity index (χ2n) is 5.92. The number of hydrogen-bond acceptors (Lipinski definition) is 4. The fourth-order valence-corrected chi connectivity index (χ4v) is 3.56. The van der Waals surface area contributed by atoms with E-state index in [2.05, 4.69) is 26.0 Å². The third-order valence-corrected chi connectivity index (χ3v) is 4.88. The van der Waals surface area contributed by atoms with E-state index in [1.165, 1.54) is 0 Å². The molecule has 2 N–H and O–H groups in total. The minimum Gasteiger partial charge on any atom is -0.496 e. The normalized spacial score (nSPS) is 11.1. The molecule has 26 heavy (non-hydrogen) atoms. The molecule has 0 saturated carbocycles. The highest BCUT2D eigenvalue weighted by Gasteiger charge is 2.09. The standard InChI is InChI=1S/C18H21BrN2O4S/c1-12-4-7-14(11-16(12)21-26(3,23)24)20-18(22)9-6-13-5-8-17(25-2)15(19)10-13/h4-5,7-8,10-11,21H,6,9H2,1-3H3,(H,20,22). The Bertz CT molecular complexity index is 913. The molecule has 0 unspecified atom stereocenters. The molecule has 2 rings (SSSR count). The molecule has 0 heterocycles. The summed E-state index contributed by atoms with van der Waals surface area (Å²) in [7, 11) is -1.78. The van der Waals surface area contributed by atoms with Crippen molar-refractivity contribution in [2.45, 2.75) is 19.8 Å². The lowest BCUT2D eigenvalue weighted by Crippen LogP contribution is -2.14. The van der Waals surface area contributed by atoms with Crippen molar-refractivity contribution in [2.75, 3.05) is 23.4 Å². The molecular weight excluding hydrogens is 420 g/mol. The summed E-state index contributed by atoms with van der Waals surface area (Å²) in [5.41, 5.74) is 2.78. The summed E-state index contributed by atoms with van der Waals surface area (Å²) in [4.78, 5) is 12.2. The monoisotopic (exact) mass is 440 g/mol. The van der Waals surface area contributed by atoms with Crippen LogP contribution in [0.4, 0.5) is 11.4 Å². The first-order chi connectivity index (χ1) is 12.2. The van der Waals surface area contributed by atoms with Crippen molar-refractivity contribution in [3.05, 3.63) is 52.0 Å². The molecule has 2 aromatic rings. The number of methoxy groups -OCH3 is 1. The van der Waals surface area contributed by atoms with Crippen molar-refractivity contribution < 1.29 is 17.9 Å². The zero-order valence-corrected chi connectivity index (χ0v) is 17.2. The van der Waals surface area contributed by atoms with E-state index >= 15 is 0 Å². The third kappa shape index (κ3) is 6.03. The van der Waals surface area contributed by atoms with Crippen molar-refractivity contribution in [3.63, 3.8) is 0 Å². The second kappa shape index (κ2) is 8.55. The largest absolute Gasteiger partial charge is 0.496 e. The van der Waals surface area contributed by atoms with Gasteiger partial charge in [0.1, 0.15) is 5.75 Å². The first-order valence-corrected chi connectivity index (χ1v) is 10.6. The van der Waals surface area contributed by atoms with Gasteiger partial charge in [-0.25, -0.2) is 8.42 Å². The van der Waals surface area contributed by atoms with E-state index in [0.29, 0.717) is 24.2 Å². The Kier molecular flexibility index (Phi) is 6.66. The van der Waals surface area contributed by atoms with Crippen molar-refractivity contribution >= 4 is 43.2 Å². The highest BCUT2D eigenvalue weighted by molar-refractivity contribution is 9.10. The van der Waals surface area contributed by atoms with Crippen LogP contribution in [0.5, 0.6) is 5.75 Å². The van der Waals surface area contributed by atoms with E-state index < -0.39 is 10.0 Å². The molecule has 0 saturated heterocycles. The van der Waals surface area contributed by atoms with Crippen LogP contribution in [0, 0.1) is 6.92 Å². The van der Waals surface area contributed by atoms with Gasteiger partial charge in [-0.2, -0.15) is 0 Å². The Labute approximate surface area is 162 Å². The number of nitrogens with one attached hydrogen (secondary N) is 2. The molecule has 0 atom stereocenters. The Morgan fingerprint density at radius 1 is 1.19 bits per heavy atom. The molecular formula is C18H21BrN2O4S. The van der Waals surface area contributed by atoms with Crippen LogP contribution in [0.25, 0.3) is 0 Å². The maximum Gasteiger partial charge on any atom is 0.229 e. The van der Waals surface area contributed by atoms with Gasteiger partial charge in [0, 0.05) is 12.1 Å². The predicted octanol–water partition coefficient (Wildman–Crippen LogP) is 3.71. The summed E-state index contributed by atoms with van der Waals surface area (Å²) in [6.07, 6.45) is 1.97. The van der Waals surface area contributed by atoms with Crippen LogP contribution in [0.2, 0.25) is 0 Å². The number of rotatable bonds is 7. The molecule has 0 fully saturated rings. The van der Waals surface area contributed by atoms with E-state index in [-0.39, 0.29) is 5.91 Å². The molecule has 0 aliphatic carbocycles. The van der Waals surface area contributed by atoms with Gasteiger partial charge < -0.3 is 10.1 Å². The lowest BCUT2D eigenvalue weighted by atomic mass is 10.1. The number of amides is 1. The number of aryl methyl sites for hydroxylation is 2. The van der Waals surface area contributed by atoms with E-state index in [4.69, 9.17) is 4.74 Å². The topological polar surface area (TPSA) is 84.5 Å². The van der Waals surface area contributed by atoms with E-state index in [1.807, 2.05) is 18.2 Å². The number of benzene rings is 2. The van der Waals surface area contributed by atoms with Gasteiger partial charge in [-0.15, -0.1) is 0 Å². The van der Waals surface area contributed by atoms with E-state index in [0.717, 1.165) is 27.6 Å². The molecule has 6 nitrogen and oxygen atoms in total. The summed E-state index contributed by atoms with van der Waals surface area (Å²) in [6, 6.07) is 10.8. The Morgan fingerprint density at radius 2 is 1.92 bits per heavy atom. The third-order valence-electron chi connectivity index (χ3n) is 3.67. The number of halogens is 1. The number of carbonyl (C=O) groups is 1. The van der Waals surface area contributed by atoms with Gasteiger partial charge in [0.05, 0.1) is 23.5 Å². The van der Waals surface area contributed by atoms with Gasteiger partial charge in [0.15, 0.2) is 0 Å². The number of hydrogen-bond donors (Lipinski definition) is 2. The Balaban J connectivity index is 1.99. The molecule has 0 spiro atoms. The average Bonchev–Trinajstić information content (AvgIpc) is 2.55. The molecule has 8 heteroatoms. The SMILES string of the molecule is COc1ccc(CCC(=O)Nc2ccc(C)c(NS(C)(=O)=O)c2)cc1Br. The molecule has 0 aliphatic rings. The molecule has 0 bridgehead atoms. The van der Waals surface area contributed by atoms with Gasteiger partial charge in [0.2, 0.25) is 15.9 Å². The highest BCUT2D eigenvalue weighted by Crippen LogP contribution is 2.26. The summed E-state index contributed by atoms with van der Waals surface area (Å²) in [5.74, 6) is 0.592. The molecule has 0 radical (unpaired) electrons. The minimum atomic E-state index is -3.38. The number of ether oxygens (including phenoxy) is 1. The Hall–Kier alpha value is -2.06. The van der Waals surface area contributed by atoms with Crippen molar-refractivity contribution in [1.29, 1.82) is 0 Å². The maximum absolute atomic E-state index is 12.2. The van der Waals surface area contributed by atoms with Crippen LogP contribution in [-0.4, -0.2) is 27.7 Å². The zero-order chi connectivity index (χ0) is 19.3. The molecule has 140 valence electrons. The summed E-state index contributed by atoms with van der Waals surface area (Å²) < 4.78 is 31.3. The second-order valence-corrected chi connectivity index (χ2v) is 8.52.